The maximum atomic E-state index is 14.8. The molecule has 6 nitrogen and oxygen atoms in total. The molecule has 250 valence electrons. The van der Waals surface area contributed by atoms with Crippen LogP contribution in [0.1, 0.15) is 48.6 Å². The number of benzene rings is 5. The van der Waals surface area contributed by atoms with Gasteiger partial charge >= 0.3 is 0 Å². The van der Waals surface area contributed by atoms with E-state index in [1.54, 1.807) is 19.2 Å². The molecule has 2 aliphatic heterocycles. The van der Waals surface area contributed by atoms with Crippen LogP contribution in [0.4, 0.5) is 10.1 Å². The first-order chi connectivity index (χ1) is 23.7. The van der Waals surface area contributed by atoms with Gasteiger partial charge < -0.3 is 29.0 Å². The van der Waals surface area contributed by atoms with Gasteiger partial charge in [0, 0.05) is 45.8 Å². The highest BCUT2D eigenvalue weighted by Gasteiger charge is 2.44. The predicted octanol–water partition coefficient (Wildman–Crippen LogP) is 8.24. The van der Waals surface area contributed by atoms with Crippen LogP contribution in [0.3, 0.4) is 0 Å². The third-order valence-electron chi connectivity index (χ3n) is 10.4. The number of aliphatic hydroxyl groups excluding tert-OH is 1. The summed E-state index contributed by atoms with van der Waals surface area (Å²) in [5.74, 6) is 1.98. The first kappa shape index (κ1) is 31.4. The van der Waals surface area contributed by atoms with Gasteiger partial charge in [0.15, 0.2) is 5.60 Å². The van der Waals surface area contributed by atoms with E-state index in [2.05, 4.69) is 56.0 Å². The third kappa shape index (κ3) is 4.98. The maximum Gasteiger partial charge on any atom is 0.178 e. The molecule has 0 amide bonds. The number of methoxy groups -OCH3 is 1. The minimum Gasteiger partial charge on any atom is -0.497 e. The summed E-state index contributed by atoms with van der Waals surface area (Å²) in [4.78, 5) is 2.40. The van der Waals surface area contributed by atoms with Crippen molar-refractivity contribution >= 4 is 22.5 Å². The molecule has 8 rings (SSSR count). The molecule has 5 aromatic carbocycles. The zero-order valence-electron chi connectivity index (χ0n) is 28.3. The SMILES string of the molecule is COc1ccc(C2(c3ccc(OCCO)cc3)C=Cc3c4c(c5ccc(N6CCOC[C@@H]6C)cc5c3O2)-c2ccc(F)cc2C4(C)C)cc1. The molecule has 0 saturated carbocycles. The zero-order chi connectivity index (χ0) is 33.9. The highest BCUT2D eigenvalue weighted by atomic mass is 19.1. The Balaban J connectivity index is 1.39. The Morgan fingerprint density at radius 1 is 0.918 bits per heavy atom. The summed E-state index contributed by atoms with van der Waals surface area (Å²) in [6.45, 7) is 8.86. The van der Waals surface area contributed by atoms with E-state index < -0.39 is 11.0 Å². The lowest BCUT2D eigenvalue weighted by Gasteiger charge is -2.39. The number of hydrogen-bond donors (Lipinski definition) is 1. The molecule has 49 heavy (non-hydrogen) atoms. The minimum absolute atomic E-state index is 0.0599. The van der Waals surface area contributed by atoms with E-state index in [0.29, 0.717) is 19.0 Å². The van der Waals surface area contributed by atoms with Gasteiger partial charge in [-0.1, -0.05) is 56.3 Å². The van der Waals surface area contributed by atoms with Gasteiger partial charge in [-0.05, 0) is 89.2 Å². The van der Waals surface area contributed by atoms with Crippen molar-refractivity contribution in [2.75, 3.05) is 45.0 Å². The average molecular weight is 658 g/mol. The van der Waals surface area contributed by atoms with Crippen molar-refractivity contribution in [1.29, 1.82) is 0 Å². The number of nitrogens with zero attached hydrogens (tertiary/aromatic N) is 1. The normalized spacial score (nSPS) is 20.4. The number of hydrogen-bond acceptors (Lipinski definition) is 6. The summed E-state index contributed by atoms with van der Waals surface area (Å²) in [5.41, 5.74) is 6.82. The molecule has 2 heterocycles. The Morgan fingerprint density at radius 2 is 1.65 bits per heavy atom. The van der Waals surface area contributed by atoms with Crippen molar-refractivity contribution in [1.82, 2.24) is 0 Å². The van der Waals surface area contributed by atoms with Gasteiger partial charge in [-0.25, -0.2) is 4.39 Å². The van der Waals surface area contributed by atoms with Crippen LogP contribution in [-0.2, 0) is 15.8 Å². The Kier molecular flexibility index (Phi) is 7.65. The number of anilines is 1. The van der Waals surface area contributed by atoms with Crippen molar-refractivity contribution in [2.45, 2.75) is 37.8 Å². The quantitative estimate of drug-likeness (QED) is 0.190. The summed E-state index contributed by atoms with van der Waals surface area (Å²) in [5, 5.41) is 11.4. The Morgan fingerprint density at radius 3 is 2.35 bits per heavy atom. The second kappa shape index (κ2) is 11.9. The molecule has 1 unspecified atom stereocenters. The number of halogens is 1. The van der Waals surface area contributed by atoms with Crippen LogP contribution in [0.5, 0.6) is 17.2 Å². The monoisotopic (exact) mass is 657 g/mol. The molecule has 1 saturated heterocycles. The largest absolute Gasteiger partial charge is 0.497 e. The molecule has 0 radical (unpaired) electrons. The average Bonchev–Trinajstić information content (AvgIpc) is 3.36. The van der Waals surface area contributed by atoms with Crippen LogP contribution >= 0.6 is 0 Å². The number of fused-ring (bicyclic) bond motifs is 8. The first-order valence-corrected chi connectivity index (χ1v) is 16.9. The smallest absolute Gasteiger partial charge is 0.178 e. The van der Waals surface area contributed by atoms with Gasteiger partial charge in [0.25, 0.3) is 0 Å². The van der Waals surface area contributed by atoms with Crippen LogP contribution < -0.4 is 19.1 Å². The van der Waals surface area contributed by atoms with Crippen LogP contribution in [0.2, 0.25) is 0 Å². The van der Waals surface area contributed by atoms with Gasteiger partial charge in [-0.3, -0.25) is 0 Å². The van der Waals surface area contributed by atoms with Crippen molar-refractivity contribution in [3.05, 3.63) is 125 Å². The summed E-state index contributed by atoms with van der Waals surface area (Å²) in [7, 11) is 1.66. The maximum absolute atomic E-state index is 14.8. The molecule has 7 heteroatoms. The van der Waals surface area contributed by atoms with Gasteiger partial charge in [-0.2, -0.15) is 0 Å². The number of morpholine rings is 1. The Labute approximate surface area is 286 Å². The fourth-order valence-corrected chi connectivity index (χ4v) is 8.01. The molecule has 1 fully saturated rings. The van der Waals surface area contributed by atoms with E-state index >= 15 is 0 Å². The number of rotatable bonds is 7. The summed E-state index contributed by atoms with van der Waals surface area (Å²) < 4.78 is 39.3. The number of ether oxygens (including phenoxy) is 4. The van der Waals surface area contributed by atoms with E-state index in [4.69, 9.17) is 18.9 Å². The van der Waals surface area contributed by atoms with Crippen LogP contribution in [0.25, 0.3) is 28.0 Å². The number of aliphatic hydroxyl groups is 1. The standard InChI is InChI=1S/C42H40FNO5/c1-26-25-47-21-19-44(26)30-10-16-33-36(24-30)40-35(39-38(33)34-15-9-29(43)23-37(34)41(39,2)3)17-18-42(49-40,27-5-11-31(46-4)12-6-27)28-7-13-32(14-8-28)48-22-20-45/h5-18,23-24,26,45H,19-22,25H2,1-4H3/t26-,42?/m0/s1. The molecule has 2 atom stereocenters. The molecule has 1 N–H and O–H groups in total. The van der Waals surface area contributed by atoms with E-state index in [0.717, 1.165) is 73.4 Å². The van der Waals surface area contributed by atoms with Crippen LogP contribution in [0, 0.1) is 5.82 Å². The minimum atomic E-state index is -0.986. The van der Waals surface area contributed by atoms with Gasteiger partial charge in [0.2, 0.25) is 0 Å². The second-order valence-corrected chi connectivity index (χ2v) is 13.7. The van der Waals surface area contributed by atoms with E-state index in [9.17, 15) is 9.50 Å². The van der Waals surface area contributed by atoms with Gasteiger partial charge in [0.1, 0.15) is 29.7 Å². The highest BCUT2D eigenvalue weighted by molar-refractivity contribution is 6.09. The zero-order valence-corrected chi connectivity index (χ0v) is 28.3. The first-order valence-electron chi connectivity index (χ1n) is 16.9. The van der Waals surface area contributed by atoms with E-state index in [1.165, 1.54) is 0 Å². The van der Waals surface area contributed by atoms with Crippen molar-refractivity contribution in [2.24, 2.45) is 0 Å². The van der Waals surface area contributed by atoms with Crippen molar-refractivity contribution < 1.29 is 28.4 Å². The molecular weight excluding hydrogens is 617 g/mol. The summed E-state index contributed by atoms with van der Waals surface area (Å²) >= 11 is 0. The van der Waals surface area contributed by atoms with Crippen LogP contribution in [0.15, 0.2) is 91.0 Å². The predicted molar refractivity (Wildman–Crippen MR) is 192 cm³/mol. The molecule has 0 spiro atoms. The van der Waals surface area contributed by atoms with Crippen LogP contribution in [-0.4, -0.2) is 51.2 Å². The topological polar surface area (TPSA) is 60.4 Å². The van der Waals surface area contributed by atoms with E-state index in [1.807, 2.05) is 54.6 Å². The fraction of sp³-hybridized carbons (Fsp3) is 0.286. The fourth-order valence-electron chi connectivity index (χ4n) is 8.01. The lowest BCUT2D eigenvalue weighted by atomic mass is 9.76. The van der Waals surface area contributed by atoms with Gasteiger partial charge in [-0.15, -0.1) is 0 Å². The Bertz CT molecular complexity index is 2090. The lowest BCUT2D eigenvalue weighted by Crippen LogP contribution is -2.43. The summed E-state index contributed by atoms with van der Waals surface area (Å²) in [6, 6.07) is 27.9. The highest BCUT2D eigenvalue weighted by Crippen LogP contribution is 2.58. The molecule has 5 aromatic rings. The second-order valence-electron chi connectivity index (χ2n) is 13.7. The van der Waals surface area contributed by atoms with E-state index in [-0.39, 0.29) is 25.1 Å². The molecule has 0 bridgehead atoms. The molecule has 0 aromatic heterocycles. The van der Waals surface area contributed by atoms with Crippen molar-refractivity contribution in [3.8, 4) is 28.4 Å². The molecule has 1 aliphatic carbocycles. The summed E-state index contributed by atoms with van der Waals surface area (Å²) in [6.07, 6.45) is 4.34. The Hall–Kier alpha value is -4.85. The molecule has 3 aliphatic rings. The lowest BCUT2D eigenvalue weighted by molar-refractivity contribution is 0.0989. The third-order valence-corrected chi connectivity index (χ3v) is 10.4. The van der Waals surface area contributed by atoms with Crippen molar-refractivity contribution in [3.63, 3.8) is 0 Å². The molecular formula is C42H40FNO5. The van der Waals surface area contributed by atoms with Gasteiger partial charge in [0.05, 0.1) is 26.9 Å².